The van der Waals surface area contributed by atoms with E-state index in [4.69, 9.17) is 9.15 Å². The number of rotatable bonds is 6. The Balaban J connectivity index is 1.32. The van der Waals surface area contributed by atoms with E-state index in [-0.39, 0.29) is 5.91 Å². The summed E-state index contributed by atoms with van der Waals surface area (Å²) in [5.41, 5.74) is 5.33. The van der Waals surface area contributed by atoms with Crippen LogP contribution in [-0.4, -0.2) is 53.5 Å². The van der Waals surface area contributed by atoms with Gasteiger partial charge in [-0.2, -0.15) is 0 Å². The third-order valence-corrected chi connectivity index (χ3v) is 6.93. The molecule has 5 rings (SSSR count). The number of hydrogen-bond acceptors (Lipinski definition) is 5. The lowest BCUT2D eigenvalue weighted by atomic mass is 9.94. The molecule has 1 saturated heterocycles. The molecule has 34 heavy (non-hydrogen) atoms. The van der Waals surface area contributed by atoms with Crippen molar-refractivity contribution in [2.45, 2.75) is 46.1 Å². The lowest BCUT2D eigenvalue weighted by Gasteiger charge is -2.34. The van der Waals surface area contributed by atoms with E-state index >= 15 is 0 Å². The minimum absolute atomic E-state index is 0.0651. The molecule has 0 N–H and O–H groups in total. The number of benzene rings is 1. The molecule has 1 aliphatic carbocycles. The zero-order chi connectivity index (χ0) is 23.5. The average molecular weight is 460 g/mol. The number of aromatic nitrogens is 1. The van der Waals surface area contributed by atoms with Gasteiger partial charge < -0.3 is 14.1 Å². The van der Waals surface area contributed by atoms with Crippen LogP contribution in [0.4, 0.5) is 0 Å². The second-order valence-corrected chi connectivity index (χ2v) is 9.28. The summed E-state index contributed by atoms with van der Waals surface area (Å²) in [6.45, 7) is 8.63. The second kappa shape index (κ2) is 10.0. The number of aryl methyl sites for hydroxylation is 2. The van der Waals surface area contributed by atoms with Crippen LogP contribution < -0.4 is 4.74 Å². The molecule has 1 amide bonds. The van der Waals surface area contributed by atoms with Gasteiger partial charge in [0, 0.05) is 80.2 Å². The van der Waals surface area contributed by atoms with Gasteiger partial charge in [-0.05, 0) is 56.4 Å². The Morgan fingerprint density at radius 1 is 1.18 bits per heavy atom. The molecule has 6 nitrogen and oxygen atoms in total. The minimum Gasteiger partial charge on any atom is -0.493 e. The predicted octanol–water partition coefficient (Wildman–Crippen LogP) is 4.85. The van der Waals surface area contributed by atoms with E-state index in [1.165, 1.54) is 24.0 Å². The highest BCUT2D eigenvalue weighted by Crippen LogP contribution is 2.38. The van der Waals surface area contributed by atoms with Crippen LogP contribution in [0.1, 0.15) is 49.1 Å². The number of carbonyl (C=O) groups excluding carboxylic acids is 1. The molecule has 0 bridgehead atoms. The molecule has 1 aromatic carbocycles. The van der Waals surface area contributed by atoms with Gasteiger partial charge in [-0.3, -0.25) is 14.7 Å². The molecule has 0 unspecified atom stereocenters. The average Bonchev–Trinajstić information content (AvgIpc) is 3.22. The number of allylic oxidation sites excluding steroid dienone is 1. The normalized spacial score (nSPS) is 17.1. The maximum atomic E-state index is 13.1. The summed E-state index contributed by atoms with van der Waals surface area (Å²) in [6.07, 6.45) is 9.92. The quantitative estimate of drug-likeness (QED) is 0.493. The first-order chi connectivity index (χ1) is 16.6. The van der Waals surface area contributed by atoms with Gasteiger partial charge in [0.15, 0.2) is 0 Å². The third-order valence-electron chi connectivity index (χ3n) is 6.93. The van der Waals surface area contributed by atoms with E-state index < -0.39 is 0 Å². The lowest BCUT2D eigenvalue weighted by molar-refractivity contribution is -0.127. The first kappa shape index (κ1) is 22.7. The van der Waals surface area contributed by atoms with Gasteiger partial charge in [-0.25, -0.2) is 0 Å². The van der Waals surface area contributed by atoms with E-state index in [1.54, 1.807) is 12.3 Å². The number of ether oxygens (including phenoxy) is 1. The van der Waals surface area contributed by atoms with Crippen molar-refractivity contribution >= 4 is 22.4 Å². The van der Waals surface area contributed by atoms with Crippen molar-refractivity contribution in [2.24, 2.45) is 0 Å². The summed E-state index contributed by atoms with van der Waals surface area (Å²) in [5.74, 6) is 1.96. The fraction of sp³-hybridized carbons (Fsp3) is 0.429. The van der Waals surface area contributed by atoms with Crippen LogP contribution in [0.3, 0.4) is 0 Å². The zero-order valence-electron chi connectivity index (χ0n) is 20.2. The summed E-state index contributed by atoms with van der Waals surface area (Å²) in [6, 6.07) is 8.24. The SMILES string of the molecule is CCOc1cc2oc3c(c2cc1/C(C)=C/C(=O)N1CCN(Cc2cccnc2)CC1)CCCC3. The highest BCUT2D eigenvalue weighted by molar-refractivity contribution is 5.97. The number of amides is 1. The number of carbonyl (C=O) groups is 1. The van der Waals surface area contributed by atoms with E-state index in [1.807, 2.05) is 37.1 Å². The monoisotopic (exact) mass is 459 g/mol. The number of piperazine rings is 1. The standard InChI is InChI=1S/C28H33N3O3/c1-3-33-26-17-27-24(22-8-4-5-9-25(22)34-27)16-23(26)20(2)15-28(32)31-13-11-30(12-14-31)19-21-7-6-10-29-18-21/h6-7,10,15-18H,3-5,8-9,11-14,19H2,1-2H3/b20-15+. The first-order valence-electron chi connectivity index (χ1n) is 12.4. The van der Waals surface area contributed by atoms with Crippen molar-refractivity contribution in [3.63, 3.8) is 0 Å². The van der Waals surface area contributed by atoms with E-state index in [2.05, 4.69) is 22.0 Å². The first-order valence-corrected chi connectivity index (χ1v) is 12.4. The van der Waals surface area contributed by atoms with E-state index in [0.29, 0.717) is 6.61 Å². The fourth-order valence-electron chi connectivity index (χ4n) is 5.10. The summed E-state index contributed by atoms with van der Waals surface area (Å²) in [7, 11) is 0. The third kappa shape index (κ3) is 4.73. The molecule has 2 aromatic heterocycles. The molecular formula is C28H33N3O3. The van der Waals surface area contributed by atoms with Gasteiger partial charge >= 0.3 is 0 Å². The minimum atomic E-state index is 0.0651. The Hall–Kier alpha value is -3.12. The maximum Gasteiger partial charge on any atom is 0.246 e. The highest BCUT2D eigenvalue weighted by Gasteiger charge is 2.23. The number of hydrogen-bond donors (Lipinski definition) is 0. The molecule has 3 aromatic rings. The molecule has 0 saturated carbocycles. The number of pyridine rings is 1. The van der Waals surface area contributed by atoms with E-state index in [9.17, 15) is 4.79 Å². The van der Waals surface area contributed by atoms with Crippen LogP contribution in [-0.2, 0) is 24.2 Å². The number of furan rings is 1. The van der Waals surface area contributed by atoms with E-state index in [0.717, 1.165) is 79.2 Å². The molecule has 0 spiro atoms. The Kier molecular flexibility index (Phi) is 6.68. The van der Waals surface area contributed by atoms with Gasteiger partial charge in [0.1, 0.15) is 17.1 Å². The summed E-state index contributed by atoms with van der Waals surface area (Å²) in [5, 5.41) is 1.16. The van der Waals surface area contributed by atoms with Gasteiger partial charge in [-0.1, -0.05) is 6.07 Å². The molecule has 2 aliphatic rings. The van der Waals surface area contributed by atoms with Crippen LogP contribution in [0.25, 0.3) is 16.5 Å². The van der Waals surface area contributed by atoms with Crippen molar-refractivity contribution in [1.29, 1.82) is 0 Å². The number of fused-ring (bicyclic) bond motifs is 3. The van der Waals surface area contributed by atoms with Crippen molar-refractivity contribution in [1.82, 2.24) is 14.8 Å². The van der Waals surface area contributed by atoms with Crippen molar-refractivity contribution in [3.05, 3.63) is 65.2 Å². The Morgan fingerprint density at radius 2 is 2.00 bits per heavy atom. The molecular weight excluding hydrogens is 426 g/mol. The predicted molar refractivity (Wildman–Crippen MR) is 134 cm³/mol. The number of nitrogens with zero attached hydrogens (tertiary/aromatic N) is 3. The van der Waals surface area contributed by atoms with Crippen LogP contribution in [0.15, 0.2) is 47.2 Å². The van der Waals surface area contributed by atoms with Crippen LogP contribution >= 0.6 is 0 Å². The molecule has 0 atom stereocenters. The summed E-state index contributed by atoms with van der Waals surface area (Å²) >= 11 is 0. The molecule has 0 radical (unpaired) electrons. The molecule has 178 valence electrons. The van der Waals surface area contributed by atoms with Crippen molar-refractivity contribution in [3.8, 4) is 5.75 Å². The van der Waals surface area contributed by atoms with Crippen LogP contribution in [0, 0.1) is 0 Å². The molecule has 1 aliphatic heterocycles. The Bertz CT molecular complexity index is 1190. The fourth-order valence-corrected chi connectivity index (χ4v) is 5.10. The summed E-state index contributed by atoms with van der Waals surface area (Å²) in [4.78, 5) is 21.6. The maximum absolute atomic E-state index is 13.1. The highest BCUT2D eigenvalue weighted by atomic mass is 16.5. The summed E-state index contributed by atoms with van der Waals surface area (Å²) < 4.78 is 12.1. The van der Waals surface area contributed by atoms with Gasteiger partial charge in [-0.15, -0.1) is 0 Å². The van der Waals surface area contributed by atoms with Gasteiger partial charge in [0.05, 0.1) is 6.61 Å². The molecule has 3 heterocycles. The van der Waals surface area contributed by atoms with Gasteiger partial charge in [0.25, 0.3) is 0 Å². The van der Waals surface area contributed by atoms with Crippen molar-refractivity contribution < 1.29 is 13.9 Å². The van der Waals surface area contributed by atoms with Crippen LogP contribution in [0.5, 0.6) is 5.75 Å². The van der Waals surface area contributed by atoms with Gasteiger partial charge in [0.2, 0.25) is 5.91 Å². The molecule has 1 fully saturated rings. The van der Waals surface area contributed by atoms with Crippen LogP contribution in [0.2, 0.25) is 0 Å². The Morgan fingerprint density at radius 3 is 2.76 bits per heavy atom. The molecule has 6 heteroatoms. The van der Waals surface area contributed by atoms with Crippen molar-refractivity contribution in [2.75, 3.05) is 32.8 Å². The zero-order valence-corrected chi connectivity index (χ0v) is 20.2. The Labute approximate surface area is 201 Å². The topological polar surface area (TPSA) is 58.8 Å². The smallest absolute Gasteiger partial charge is 0.246 e. The largest absolute Gasteiger partial charge is 0.493 e. The lowest BCUT2D eigenvalue weighted by Crippen LogP contribution is -2.47. The second-order valence-electron chi connectivity index (χ2n) is 9.28.